The van der Waals surface area contributed by atoms with Gasteiger partial charge in [-0.05, 0) is 57.2 Å². The van der Waals surface area contributed by atoms with Crippen molar-refractivity contribution in [1.82, 2.24) is 5.32 Å². The van der Waals surface area contributed by atoms with E-state index in [2.05, 4.69) is 12.2 Å². The molecule has 1 fully saturated rings. The molecule has 2 rings (SSSR count). The van der Waals surface area contributed by atoms with Crippen LogP contribution in [0.2, 0.25) is 0 Å². The van der Waals surface area contributed by atoms with Crippen molar-refractivity contribution in [1.29, 1.82) is 0 Å². The summed E-state index contributed by atoms with van der Waals surface area (Å²) in [5, 5.41) is 3.13. The molecule has 0 spiro atoms. The van der Waals surface area contributed by atoms with Crippen LogP contribution in [0.15, 0.2) is 24.3 Å². The standard InChI is InChI=1S/C15H22N2O/c1-10(11-4-5-11)17-14(18)15(2,3)12-6-8-13(16)9-7-12/h6-11H,4-5,16H2,1-3H3,(H,17,18). The Kier molecular flexibility index (Phi) is 3.33. The van der Waals surface area contributed by atoms with Crippen LogP contribution in [0.5, 0.6) is 0 Å². The lowest BCUT2D eigenvalue weighted by molar-refractivity contribution is -0.126. The highest BCUT2D eigenvalue weighted by molar-refractivity contribution is 5.87. The van der Waals surface area contributed by atoms with E-state index in [1.54, 1.807) is 0 Å². The maximum atomic E-state index is 12.4. The first-order valence-electron chi connectivity index (χ1n) is 6.58. The molecule has 0 radical (unpaired) electrons. The van der Waals surface area contributed by atoms with Crippen LogP contribution in [0.3, 0.4) is 0 Å². The van der Waals surface area contributed by atoms with Gasteiger partial charge in [-0.1, -0.05) is 12.1 Å². The molecule has 0 heterocycles. The van der Waals surface area contributed by atoms with Gasteiger partial charge >= 0.3 is 0 Å². The summed E-state index contributed by atoms with van der Waals surface area (Å²) in [7, 11) is 0. The average Bonchev–Trinajstić information content (AvgIpc) is 3.13. The van der Waals surface area contributed by atoms with Crippen molar-refractivity contribution in [2.75, 3.05) is 5.73 Å². The van der Waals surface area contributed by atoms with Gasteiger partial charge in [0.1, 0.15) is 0 Å². The lowest BCUT2D eigenvalue weighted by atomic mass is 9.83. The quantitative estimate of drug-likeness (QED) is 0.802. The number of amides is 1. The van der Waals surface area contributed by atoms with Crippen LogP contribution in [0, 0.1) is 5.92 Å². The smallest absolute Gasteiger partial charge is 0.230 e. The Hall–Kier alpha value is -1.51. The van der Waals surface area contributed by atoms with Crippen molar-refractivity contribution >= 4 is 11.6 Å². The molecule has 1 amide bonds. The Labute approximate surface area is 109 Å². The molecule has 0 bridgehead atoms. The molecule has 1 saturated carbocycles. The SMILES string of the molecule is CC(NC(=O)C(C)(C)c1ccc(N)cc1)C1CC1. The van der Waals surface area contributed by atoms with E-state index < -0.39 is 5.41 Å². The molecule has 1 atom stereocenters. The summed E-state index contributed by atoms with van der Waals surface area (Å²) in [5.74, 6) is 0.767. The van der Waals surface area contributed by atoms with E-state index in [9.17, 15) is 4.79 Å². The third-order valence-electron chi connectivity index (χ3n) is 3.89. The minimum absolute atomic E-state index is 0.0895. The van der Waals surface area contributed by atoms with Crippen LogP contribution >= 0.6 is 0 Å². The van der Waals surface area contributed by atoms with Crippen molar-refractivity contribution in [3.05, 3.63) is 29.8 Å². The molecule has 1 aromatic carbocycles. The highest BCUT2D eigenvalue weighted by atomic mass is 16.2. The molecule has 0 aliphatic heterocycles. The zero-order valence-electron chi connectivity index (χ0n) is 11.4. The Morgan fingerprint density at radius 1 is 1.33 bits per heavy atom. The Morgan fingerprint density at radius 3 is 2.39 bits per heavy atom. The summed E-state index contributed by atoms with van der Waals surface area (Å²) in [4.78, 5) is 12.4. The fourth-order valence-corrected chi connectivity index (χ4v) is 2.13. The van der Waals surface area contributed by atoms with Gasteiger partial charge in [-0.3, -0.25) is 4.79 Å². The van der Waals surface area contributed by atoms with E-state index in [0.717, 1.165) is 11.3 Å². The largest absolute Gasteiger partial charge is 0.399 e. The topological polar surface area (TPSA) is 55.1 Å². The summed E-state index contributed by atoms with van der Waals surface area (Å²) >= 11 is 0. The summed E-state index contributed by atoms with van der Waals surface area (Å²) in [5.41, 5.74) is 6.88. The van der Waals surface area contributed by atoms with Gasteiger partial charge in [0.2, 0.25) is 5.91 Å². The minimum Gasteiger partial charge on any atom is -0.399 e. The van der Waals surface area contributed by atoms with Crippen molar-refractivity contribution in [3.63, 3.8) is 0 Å². The van der Waals surface area contributed by atoms with Gasteiger partial charge in [-0.2, -0.15) is 0 Å². The number of benzene rings is 1. The Bertz CT molecular complexity index is 432. The number of carbonyl (C=O) groups excluding carboxylic acids is 1. The zero-order chi connectivity index (χ0) is 13.3. The monoisotopic (exact) mass is 246 g/mol. The summed E-state index contributed by atoms with van der Waals surface area (Å²) in [6.07, 6.45) is 2.48. The molecule has 1 unspecified atom stereocenters. The summed E-state index contributed by atoms with van der Waals surface area (Å²) in [6, 6.07) is 7.82. The number of anilines is 1. The molecule has 1 aliphatic rings. The number of nitrogen functional groups attached to an aromatic ring is 1. The van der Waals surface area contributed by atoms with Crippen LogP contribution in [0.1, 0.15) is 39.2 Å². The van der Waals surface area contributed by atoms with E-state index in [4.69, 9.17) is 5.73 Å². The fourth-order valence-electron chi connectivity index (χ4n) is 2.13. The summed E-state index contributed by atoms with van der Waals surface area (Å²) in [6.45, 7) is 6.00. The third-order valence-corrected chi connectivity index (χ3v) is 3.89. The van der Waals surface area contributed by atoms with Crippen LogP contribution in [0.25, 0.3) is 0 Å². The van der Waals surface area contributed by atoms with Crippen molar-refractivity contribution in [2.45, 2.75) is 45.1 Å². The van der Waals surface area contributed by atoms with Crippen LogP contribution in [-0.2, 0) is 10.2 Å². The molecule has 3 nitrogen and oxygen atoms in total. The maximum Gasteiger partial charge on any atom is 0.230 e. The average molecular weight is 246 g/mol. The molecule has 3 N–H and O–H groups in total. The third kappa shape index (κ3) is 2.66. The van der Waals surface area contributed by atoms with E-state index >= 15 is 0 Å². The normalized spacial score (nSPS) is 17.3. The maximum absolute atomic E-state index is 12.4. The van der Waals surface area contributed by atoms with E-state index in [-0.39, 0.29) is 11.9 Å². The second kappa shape index (κ2) is 4.63. The minimum atomic E-state index is -0.517. The molecule has 18 heavy (non-hydrogen) atoms. The van der Waals surface area contributed by atoms with Crippen molar-refractivity contribution in [2.24, 2.45) is 5.92 Å². The van der Waals surface area contributed by atoms with Gasteiger partial charge in [0.25, 0.3) is 0 Å². The van der Waals surface area contributed by atoms with Gasteiger partial charge in [0.15, 0.2) is 0 Å². The molecule has 1 aromatic rings. The molecule has 98 valence electrons. The van der Waals surface area contributed by atoms with Crippen molar-refractivity contribution in [3.8, 4) is 0 Å². The van der Waals surface area contributed by atoms with E-state index in [1.165, 1.54) is 12.8 Å². The van der Waals surface area contributed by atoms with E-state index in [1.807, 2.05) is 38.1 Å². The second-order valence-corrected chi connectivity index (χ2v) is 5.85. The second-order valence-electron chi connectivity index (χ2n) is 5.85. The highest BCUT2D eigenvalue weighted by Gasteiger charge is 2.34. The van der Waals surface area contributed by atoms with Gasteiger partial charge in [-0.15, -0.1) is 0 Å². The van der Waals surface area contributed by atoms with Gasteiger partial charge in [0.05, 0.1) is 5.41 Å². The van der Waals surface area contributed by atoms with Crippen LogP contribution in [0.4, 0.5) is 5.69 Å². The van der Waals surface area contributed by atoms with Gasteiger partial charge < -0.3 is 11.1 Å². The Balaban J connectivity index is 2.08. The first-order valence-corrected chi connectivity index (χ1v) is 6.58. The predicted octanol–water partition coefficient (Wildman–Crippen LogP) is 2.46. The first kappa shape index (κ1) is 12.9. The van der Waals surface area contributed by atoms with E-state index in [0.29, 0.717) is 5.92 Å². The van der Waals surface area contributed by atoms with Gasteiger partial charge in [0, 0.05) is 11.7 Å². The summed E-state index contributed by atoms with van der Waals surface area (Å²) < 4.78 is 0. The Morgan fingerprint density at radius 2 is 1.89 bits per heavy atom. The lowest BCUT2D eigenvalue weighted by Crippen LogP contribution is -2.44. The first-order chi connectivity index (χ1) is 8.41. The molecular weight excluding hydrogens is 224 g/mol. The number of nitrogens with one attached hydrogen (secondary N) is 1. The number of nitrogens with two attached hydrogens (primary N) is 1. The fraction of sp³-hybridized carbons (Fsp3) is 0.533. The lowest BCUT2D eigenvalue weighted by Gasteiger charge is -2.26. The van der Waals surface area contributed by atoms with Crippen molar-refractivity contribution < 1.29 is 4.79 Å². The van der Waals surface area contributed by atoms with Crippen LogP contribution < -0.4 is 11.1 Å². The predicted molar refractivity (Wildman–Crippen MR) is 74.2 cm³/mol. The number of rotatable bonds is 4. The zero-order valence-corrected chi connectivity index (χ0v) is 11.4. The number of carbonyl (C=O) groups is 1. The number of hydrogen-bond donors (Lipinski definition) is 2. The molecule has 0 aromatic heterocycles. The molecule has 3 heteroatoms. The highest BCUT2D eigenvalue weighted by Crippen LogP contribution is 2.33. The molecular formula is C15H22N2O. The number of hydrogen-bond acceptors (Lipinski definition) is 2. The molecule has 0 saturated heterocycles. The van der Waals surface area contributed by atoms with Gasteiger partial charge in [-0.25, -0.2) is 0 Å². The molecule has 1 aliphatic carbocycles. The van der Waals surface area contributed by atoms with Crippen LogP contribution in [-0.4, -0.2) is 11.9 Å².